The molecule has 0 bridgehead atoms. The van der Waals surface area contributed by atoms with E-state index in [0.717, 1.165) is 10.5 Å². The maximum absolute atomic E-state index is 12.9. The summed E-state index contributed by atoms with van der Waals surface area (Å²) in [7, 11) is 1.51. The first kappa shape index (κ1) is 22.9. The average Bonchev–Trinajstić information content (AvgIpc) is 3.06. The molecule has 3 N–H and O–H groups in total. The van der Waals surface area contributed by atoms with E-state index in [1.165, 1.54) is 19.5 Å². The predicted octanol–water partition coefficient (Wildman–Crippen LogP) is 1.25. The van der Waals surface area contributed by atoms with Crippen LogP contribution in [0, 0.1) is 0 Å². The van der Waals surface area contributed by atoms with Gasteiger partial charge in [0.05, 0.1) is 36.3 Å². The Morgan fingerprint density at radius 3 is 2.71 bits per heavy atom. The fourth-order valence-corrected chi connectivity index (χ4v) is 3.94. The number of pyridine rings is 1. The lowest BCUT2D eigenvalue weighted by Gasteiger charge is -2.27. The largest absolute Gasteiger partial charge is 0.495 e. The Kier molecular flexibility index (Phi) is 6.53. The van der Waals surface area contributed by atoms with Gasteiger partial charge >= 0.3 is 6.03 Å². The number of hydrogen-bond acceptors (Lipinski definition) is 7. The Bertz CT molecular complexity index is 1180. The maximum Gasteiger partial charge on any atom is 0.319 e. The Morgan fingerprint density at radius 1 is 1.15 bits per heavy atom. The number of imide groups is 2. The summed E-state index contributed by atoms with van der Waals surface area (Å²) in [6, 6.07) is 5.24. The first-order chi connectivity index (χ1) is 16.4. The number of hydrogen-bond donors (Lipinski definition) is 3. The van der Waals surface area contributed by atoms with Crippen LogP contribution in [-0.4, -0.2) is 59.2 Å². The minimum Gasteiger partial charge on any atom is -0.495 e. The van der Waals surface area contributed by atoms with Crippen molar-refractivity contribution in [1.82, 2.24) is 20.5 Å². The van der Waals surface area contributed by atoms with Gasteiger partial charge in [-0.25, -0.2) is 4.79 Å². The zero-order valence-corrected chi connectivity index (χ0v) is 18.4. The fourth-order valence-electron chi connectivity index (χ4n) is 3.94. The number of carbonyl (C=O) groups excluding carboxylic acids is 5. The van der Waals surface area contributed by atoms with E-state index >= 15 is 0 Å². The van der Waals surface area contributed by atoms with Crippen LogP contribution < -0.4 is 20.7 Å². The number of aromatic nitrogens is 1. The molecular formula is C23H23N5O6. The molecule has 34 heavy (non-hydrogen) atoms. The number of rotatable bonds is 7. The van der Waals surface area contributed by atoms with E-state index in [0.29, 0.717) is 30.8 Å². The van der Waals surface area contributed by atoms with Gasteiger partial charge in [-0.2, -0.15) is 0 Å². The average molecular weight is 465 g/mol. The van der Waals surface area contributed by atoms with E-state index in [1.54, 1.807) is 24.3 Å². The lowest BCUT2D eigenvalue weighted by molar-refractivity contribution is -0.136. The van der Waals surface area contributed by atoms with Gasteiger partial charge in [0.1, 0.15) is 11.8 Å². The number of anilines is 1. The topological polar surface area (TPSA) is 147 Å². The number of nitrogens with one attached hydrogen (secondary N) is 3. The molecule has 1 unspecified atom stereocenters. The lowest BCUT2D eigenvalue weighted by Crippen LogP contribution is -2.54. The molecule has 2 aliphatic rings. The van der Waals surface area contributed by atoms with Crippen molar-refractivity contribution >= 4 is 35.3 Å². The normalized spacial score (nSPS) is 17.3. The first-order valence-electron chi connectivity index (χ1n) is 10.8. The highest BCUT2D eigenvalue weighted by Crippen LogP contribution is 2.28. The molecule has 1 fully saturated rings. The molecule has 1 atom stereocenters. The smallest absolute Gasteiger partial charge is 0.319 e. The minimum atomic E-state index is -0.990. The summed E-state index contributed by atoms with van der Waals surface area (Å²) in [5.41, 5.74) is 1.80. The van der Waals surface area contributed by atoms with Crippen LogP contribution in [0.2, 0.25) is 0 Å². The fraction of sp³-hybridized carbons (Fsp3) is 0.304. The van der Waals surface area contributed by atoms with Gasteiger partial charge in [0, 0.05) is 19.0 Å². The molecule has 0 radical (unpaired) electrons. The molecule has 0 aliphatic carbocycles. The number of nitrogens with zero attached hydrogens (tertiary/aromatic N) is 2. The second kappa shape index (κ2) is 9.69. The van der Waals surface area contributed by atoms with E-state index in [4.69, 9.17) is 4.74 Å². The summed E-state index contributed by atoms with van der Waals surface area (Å²) in [5.74, 6) is -1.60. The summed E-state index contributed by atoms with van der Waals surface area (Å²) in [4.78, 5) is 66.1. The highest BCUT2D eigenvalue weighted by molar-refractivity contribution is 6.23. The van der Waals surface area contributed by atoms with Crippen LogP contribution in [0.5, 0.6) is 5.75 Å². The maximum atomic E-state index is 12.9. The van der Waals surface area contributed by atoms with Crippen LogP contribution in [0.25, 0.3) is 0 Å². The minimum absolute atomic E-state index is 0.0734. The lowest BCUT2D eigenvalue weighted by atomic mass is 10.0. The van der Waals surface area contributed by atoms with E-state index in [1.807, 2.05) is 0 Å². The molecule has 1 saturated heterocycles. The van der Waals surface area contributed by atoms with Gasteiger partial charge in [0.2, 0.25) is 11.8 Å². The molecule has 6 amide bonds. The summed E-state index contributed by atoms with van der Waals surface area (Å²) in [6.07, 6.45) is 4.38. The van der Waals surface area contributed by atoms with Gasteiger partial charge in [-0.3, -0.25) is 34.4 Å². The molecule has 1 aromatic carbocycles. The molecule has 4 rings (SSSR count). The number of piperidine rings is 1. The van der Waals surface area contributed by atoms with Gasteiger partial charge in [-0.05, 0) is 37.0 Å². The molecule has 3 heterocycles. The standard InChI is InChI=1S/C23H23N5O6/c1-34-15-10-14(11-24-12-15)26-23(33)25-8-2-3-13-4-5-16-17(9-13)22(32)28(21(16)31)18-6-7-19(29)27-20(18)30/h4-5,9-12,18H,2-3,6-8H2,1H3,(H2,25,26,33)(H,27,29,30). The Morgan fingerprint density at radius 2 is 1.94 bits per heavy atom. The predicted molar refractivity (Wildman–Crippen MR) is 119 cm³/mol. The van der Waals surface area contributed by atoms with Crippen LogP contribution in [0.4, 0.5) is 10.5 Å². The number of carbonyl (C=O) groups is 5. The van der Waals surface area contributed by atoms with Crippen LogP contribution in [0.1, 0.15) is 45.5 Å². The summed E-state index contributed by atoms with van der Waals surface area (Å²) >= 11 is 0. The van der Waals surface area contributed by atoms with Crippen molar-refractivity contribution in [3.8, 4) is 5.75 Å². The molecule has 176 valence electrons. The molecule has 1 aromatic heterocycles. The molecular weight excluding hydrogens is 442 g/mol. The molecule has 11 heteroatoms. The zero-order chi connectivity index (χ0) is 24.2. The summed E-state index contributed by atoms with van der Waals surface area (Å²) in [6.45, 7) is 0.385. The van der Waals surface area contributed by atoms with Gasteiger partial charge in [0.15, 0.2) is 0 Å². The molecule has 11 nitrogen and oxygen atoms in total. The monoisotopic (exact) mass is 465 g/mol. The van der Waals surface area contributed by atoms with Gasteiger partial charge < -0.3 is 15.4 Å². The first-order valence-corrected chi connectivity index (χ1v) is 10.8. The summed E-state index contributed by atoms with van der Waals surface area (Å²) in [5, 5.41) is 7.59. The Labute approximate surface area is 194 Å². The van der Waals surface area contributed by atoms with E-state index in [9.17, 15) is 24.0 Å². The second-order valence-electron chi connectivity index (χ2n) is 7.93. The zero-order valence-electron chi connectivity index (χ0n) is 18.4. The number of aryl methyl sites for hydroxylation is 1. The third-order valence-corrected chi connectivity index (χ3v) is 5.64. The van der Waals surface area contributed by atoms with Crippen molar-refractivity contribution in [2.75, 3.05) is 19.0 Å². The van der Waals surface area contributed by atoms with Gasteiger partial charge in [-0.1, -0.05) is 6.07 Å². The van der Waals surface area contributed by atoms with E-state index < -0.39 is 29.7 Å². The second-order valence-corrected chi connectivity index (χ2v) is 7.93. The number of ether oxygens (including phenoxy) is 1. The number of amides is 6. The van der Waals surface area contributed by atoms with Crippen molar-refractivity contribution in [2.45, 2.75) is 31.7 Å². The molecule has 2 aromatic rings. The van der Waals surface area contributed by atoms with Crippen LogP contribution >= 0.6 is 0 Å². The van der Waals surface area contributed by atoms with Crippen LogP contribution in [0.15, 0.2) is 36.7 Å². The van der Waals surface area contributed by atoms with E-state index in [-0.39, 0.29) is 30.0 Å². The van der Waals surface area contributed by atoms with Crippen molar-refractivity contribution in [2.24, 2.45) is 0 Å². The number of methoxy groups -OCH3 is 1. The molecule has 0 spiro atoms. The molecule has 0 saturated carbocycles. The number of fused-ring (bicyclic) bond motifs is 1. The Hall–Kier alpha value is -4.28. The molecule has 2 aliphatic heterocycles. The Balaban J connectivity index is 1.31. The van der Waals surface area contributed by atoms with Crippen molar-refractivity contribution in [1.29, 1.82) is 0 Å². The van der Waals surface area contributed by atoms with Crippen molar-refractivity contribution in [3.63, 3.8) is 0 Å². The third kappa shape index (κ3) is 4.72. The number of benzene rings is 1. The van der Waals surface area contributed by atoms with Crippen molar-refractivity contribution in [3.05, 3.63) is 53.3 Å². The SMILES string of the molecule is COc1cncc(NC(=O)NCCCc2ccc3c(c2)C(=O)N(C2CCC(=O)NC2=O)C3=O)c1. The van der Waals surface area contributed by atoms with Crippen LogP contribution in [-0.2, 0) is 16.0 Å². The number of urea groups is 1. The highest BCUT2D eigenvalue weighted by Gasteiger charge is 2.44. The quantitative estimate of drug-likeness (QED) is 0.412. The highest BCUT2D eigenvalue weighted by atomic mass is 16.5. The van der Waals surface area contributed by atoms with Crippen molar-refractivity contribution < 1.29 is 28.7 Å². The van der Waals surface area contributed by atoms with Crippen LogP contribution in [0.3, 0.4) is 0 Å². The van der Waals surface area contributed by atoms with E-state index in [2.05, 4.69) is 20.9 Å². The van der Waals surface area contributed by atoms with Gasteiger partial charge in [0.25, 0.3) is 11.8 Å². The van der Waals surface area contributed by atoms with Gasteiger partial charge in [-0.15, -0.1) is 0 Å². The summed E-state index contributed by atoms with van der Waals surface area (Å²) < 4.78 is 5.06. The third-order valence-electron chi connectivity index (χ3n) is 5.64.